The standard InChI is InChI=1S/C16H20O4/c1-8(2)5-6-11-14(18)10(4)16-13(15(11)19)12(17)7-9(3)20-16/h5,9,18-19H,6-7H2,1-4H3/t9-/m1/s1. The Kier molecular flexibility index (Phi) is 3.75. The molecule has 0 saturated heterocycles. The molecule has 108 valence electrons. The summed E-state index contributed by atoms with van der Waals surface area (Å²) in [4.78, 5) is 12.1. The van der Waals surface area contributed by atoms with Gasteiger partial charge in [-0.15, -0.1) is 0 Å². The maximum atomic E-state index is 12.1. The number of hydrogen-bond acceptors (Lipinski definition) is 4. The highest BCUT2D eigenvalue weighted by atomic mass is 16.5. The highest BCUT2D eigenvalue weighted by Crippen LogP contribution is 2.45. The summed E-state index contributed by atoms with van der Waals surface area (Å²) in [5, 5.41) is 20.6. The lowest BCUT2D eigenvalue weighted by Gasteiger charge is -2.26. The number of Topliss-reactive ketones (excluding diaryl/α,β-unsaturated/α-hetero) is 1. The largest absolute Gasteiger partial charge is 0.507 e. The average molecular weight is 276 g/mol. The van der Waals surface area contributed by atoms with E-state index in [9.17, 15) is 15.0 Å². The van der Waals surface area contributed by atoms with E-state index in [0.29, 0.717) is 23.3 Å². The molecule has 20 heavy (non-hydrogen) atoms. The molecule has 0 aliphatic carbocycles. The minimum atomic E-state index is -0.240. The summed E-state index contributed by atoms with van der Waals surface area (Å²) in [7, 11) is 0. The summed E-state index contributed by atoms with van der Waals surface area (Å²) in [6.45, 7) is 7.38. The first-order chi connectivity index (χ1) is 9.32. The van der Waals surface area contributed by atoms with Gasteiger partial charge in [0.05, 0.1) is 0 Å². The number of aromatic hydroxyl groups is 2. The summed E-state index contributed by atoms with van der Waals surface area (Å²) >= 11 is 0. The van der Waals surface area contributed by atoms with Crippen molar-refractivity contribution in [2.24, 2.45) is 0 Å². The normalized spacial score (nSPS) is 17.4. The first-order valence-corrected chi connectivity index (χ1v) is 6.73. The van der Waals surface area contributed by atoms with E-state index in [0.717, 1.165) is 5.57 Å². The second-order valence-corrected chi connectivity index (χ2v) is 5.55. The molecule has 1 atom stereocenters. The molecule has 1 heterocycles. The van der Waals surface area contributed by atoms with Crippen LogP contribution in [0.15, 0.2) is 11.6 Å². The number of ether oxygens (including phenoxy) is 1. The Morgan fingerprint density at radius 1 is 1.35 bits per heavy atom. The van der Waals surface area contributed by atoms with Crippen molar-refractivity contribution in [1.29, 1.82) is 0 Å². The van der Waals surface area contributed by atoms with Gasteiger partial charge in [0.25, 0.3) is 0 Å². The predicted octanol–water partition coefficient (Wildman–Crippen LogP) is 3.27. The smallest absolute Gasteiger partial charge is 0.174 e. The van der Waals surface area contributed by atoms with Crippen LogP contribution in [0, 0.1) is 6.92 Å². The molecule has 4 heteroatoms. The van der Waals surface area contributed by atoms with E-state index in [-0.39, 0.29) is 35.4 Å². The topological polar surface area (TPSA) is 66.8 Å². The van der Waals surface area contributed by atoms with Gasteiger partial charge in [-0.1, -0.05) is 11.6 Å². The SMILES string of the molecule is CC(C)=CCc1c(O)c(C)c2c(c1O)C(=O)C[C@@H](C)O2. The van der Waals surface area contributed by atoms with E-state index in [1.165, 1.54) is 0 Å². The summed E-state index contributed by atoms with van der Waals surface area (Å²) in [5.74, 6) is 0.0145. The van der Waals surface area contributed by atoms with Crippen molar-refractivity contribution >= 4 is 5.78 Å². The van der Waals surface area contributed by atoms with Crippen LogP contribution < -0.4 is 4.74 Å². The number of ketones is 1. The van der Waals surface area contributed by atoms with Gasteiger partial charge in [-0.2, -0.15) is 0 Å². The van der Waals surface area contributed by atoms with Crippen molar-refractivity contribution in [2.45, 2.75) is 46.6 Å². The summed E-state index contributed by atoms with van der Waals surface area (Å²) in [6.07, 6.45) is 2.29. The molecule has 1 aliphatic heterocycles. The maximum absolute atomic E-state index is 12.1. The fourth-order valence-electron chi connectivity index (χ4n) is 2.40. The molecule has 4 nitrogen and oxygen atoms in total. The van der Waals surface area contributed by atoms with Crippen molar-refractivity contribution < 1.29 is 19.7 Å². The fraction of sp³-hybridized carbons (Fsp3) is 0.438. The van der Waals surface area contributed by atoms with Gasteiger partial charge in [0.15, 0.2) is 5.78 Å². The van der Waals surface area contributed by atoms with Crippen LogP contribution in [0.5, 0.6) is 17.2 Å². The Labute approximate surface area is 118 Å². The van der Waals surface area contributed by atoms with E-state index in [1.807, 2.05) is 19.9 Å². The van der Waals surface area contributed by atoms with Crippen LogP contribution in [0.2, 0.25) is 0 Å². The third-order valence-corrected chi connectivity index (χ3v) is 3.52. The van der Waals surface area contributed by atoms with Crippen molar-refractivity contribution in [3.63, 3.8) is 0 Å². The summed E-state index contributed by atoms with van der Waals surface area (Å²) in [5.41, 5.74) is 2.18. The minimum absolute atomic E-state index is 0.000602. The zero-order valence-corrected chi connectivity index (χ0v) is 12.3. The molecule has 1 aromatic rings. The molecular formula is C16H20O4. The lowest BCUT2D eigenvalue weighted by molar-refractivity contribution is 0.0864. The molecule has 0 bridgehead atoms. The Bertz CT molecular complexity index is 595. The second-order valence-electron chi connectivity index (χ2n) is 5.55. The average Bonchev–Trinajstić information content (AvgIpc) is 2.34. The number of phenolic OH excluding ortho intramolecular Hbond substituents is 2. The van der Waals surface area contributed by atoms with E-state index in [1.54, 1.807) is 13.8 Å². The lowest BCUT2D eigenvalue weighted by atomic mass is 9.92. The maximum Gasteiger partial charge on any atom is 0.174 e. The first kappa shape index (κ1) is 14.4. The van der Waals surface area contributed by atoms with Gasteiger partial charge >= 0.3 is 0 Å². The Balaban J connectivity index is 2.63. The van der Waals surface area contributed by atoms with Gasteiger partial charge in [0.2, 0.25) is 0 Å². The van der Waals surface area contributed by atoms with Crippen molar-refractivity contribution in [1.82, 2.24) is 0 Å². The van der Waals surface area contributed by atoms with Crippen molar-refractivity contribution in [2.75, 3.05) is 0 Å². The van der Waals surface area contributed by atoms with E-state index in [4.69, 9.17) is 4.74 Å². The molecule has 0 aromatic heterocycles. The molecule has 0 unspecified atom stereocenters. The molecule has 0 fully saturated rings. The molecule has 2 rings (SSSR count). The zero-order valence-electron chi connectivity index (χ0n) is 12.3. The number of rotatable bonds is 2. The van der Waals surface area contributed by atoms with Crippen LogP contribution in [0.1, 0.15) is 48.7 Å². The number of hydrogen-bond donors (Lipinski definition) is 2. The number of phenols is 2. The minimum Gasteiger partial charge on any atom is -0.507 e. The molecule has 0 radical (unpaired) electrons. The number of carbonyl (C=O) groups excluding carboxylic acids is 1. The number of benzene rings is 1. The van der Waals surface area contributed by atoms with Crippen LogP contribution >= 0.6 is 0 Å². The van der Waals surface area contributed by atoms with Gasteiger partial charge < -0.3 is 14.9 Å². The van der Waals surface area contributed by atoms with Crippen LogP contribution in [0.4, 0.5) is 0 Å². The first-order valence-electron chi connectivity index (χ1n) is 6.73. The van der Waals surface area contributed by atoms with Gasteiger partial charge in [-0.3, -0.25) is 4.79 Å². The van der Waals surface area contributed by atoms with E-state index < -0.39 is 0 Å². The molecule has 2 N–H and O–H groups in total. The third kappa shape index (κ3) is 2.38. The van der Waals surface area contributed by atoms with Crippen LogP contribution in [0.25, 0.3) is 0 Å². The quantitative estimate of drug-likeness (QED) is 0.814. The van der Waals surface area contributed by atoms with Gasteiger partial charge in [-0.05, 0) is 34.1 Å². The molecule has 1 aromatic carbocycles. The highest BCUT2D eigenvalue weighted by Gasteiger charge is 2.32. The zero-order chi connectivity index (χ0) is 15.0. The fourth-order valence-corrected chi connectivity index (χ4v) is 2.40. The number of allylic oxidation sites excluding steroid dienone is 2. The third-order valence-electron chi connectivity index (χ3n) is 3.52. The monoisotopic (exact) mass is 276 g/mol. The molecule has 0 saturated carbocycles. The molecule has 1 aliphatic rings. The van der Waals surface area contributed by atoms with Gasteiger partial charge in [-0.25, -0.2) is 0 Å². The summed E-state index contributed by atoms with van der Waals surface area (Å²) in [6, 6.07) is 0. The molecule has 0 spiro atoms. The lowest BCUT2D eigenvalue weighted by Crippen LogP contribution is -2.25. The van der Waals surface area contributed by atoms with Crippen LogP contribution in [0.3, 0.4) is 0 Å². The van der Waals surface area contributed by atoms with Crippen molar-refractivity contribution in [3.8, 4) is 17.2 Å². The molecular weight excluding hydrogens is 256 g/mol. The Morgan fingerprint density at radius 2 is 2.00 bits per heavy atom. The Morgan fingerprint density at radius 3 is 2.60 bits per heavy atom. The van der Waals surface area contributed by atoms with Crippen LogP contribution in [-0.4, -0.2) is 22.1 Å². The van der Waals surface area contributed by atoms with Crippen LogP contribution in [-0.2, 0) is 6.42 Å². The second kappa shape index (κ2) is 5.19. The van der Waals surface area contributed by atoms with Gasteiger partial charge in [0, 0.05) is 17.5 Å². The number of carbonyl (C=O) groups is 1. The van der Waals surface area contributed by atoms with E-state index in [2.05, 4.69) is 0 Å². The molecule has 0 amide bonds. The highest BCUT2D eigenvalue weighted by molar-refractivity contribution is 6.03. The number of fused-ring (bicyclic) bond motifs is 1. The van der Waals surface area contributed by atoms with Gasteiger partial charge in [0.1, 0.15) is 28.9 Å². The Hall–Kier alpha value is -1.97. The van der Waals surface area contributed by atoms with Crippen molar-refractivity contribution in [3.05, 3.63) is 28.3 Å². The van der Waals surface area contributed by atoms with E-state index >= 15 is 0 Å². The summed E-state index contributed by atoms with van der Waals surface area (Å²) < 4.78 is 5.62. The predicted molar refractivity (Wildman–Crippen MR) is 76.7 cm³/mol.